The van der Waals surface area contributed by atoms with Gasteiger partial charge in [0.15, 0.2) is 0 Å². The van der Waals surface area contributed by atoms with Gasteiger partial charge in [0.25, 0.3) is 0 Å². The van der Waals surface area contributed by atoms with E-state index in [-0.39, 0.29) is 5.56 Å². The molecular weight excluding hydrogens is 228 g/mol. The maximum absolute atomic E-state index is 11.0. The Morgan fingerprint density at radius 2 is 1.94 bits per heavy atom. The van der Waals surface area contributed by atoms with Crippen LogP contribution in [0.4, 0.5) is 0 Å². The molecule has 80 valence electrons. The Morgan fingerprint density at radius 3 is 2.56 bits per heavy atom. The van der Waals surface area contributed by atoms with Gasteiger partial charge in [-0.1, -0.05) is 17.7 Å². The highest BCUT2D eigenvalue weighted by atomic mass is 35.5. The monoisotopic (exact) mass is 234 g/mol. The number of carboxylic acids is 1. The van der Waals surface area contributed by atoms with E-state index in [0.717, 1.165) is 0 Å². The van der Waals surface area contributed by atoms with Gasteiger partial charge in [0.2, 0.25) is 0 Å². The molecule has 1 N–H and O–H groups in total. The molecule has 0 aliphatic carbocycles. The third kappa shape index (κ3) is 2.01. The Hall–Kier alpha value is -1.94. The van der Waals surface area contributed by atoms with Crippen molar-refractivity contribution >= 4 is 17.6 Å². The van der Waals surface area contributed by atoms with Crippen molar-refractivity contribution in [3.8, 4) is 11.1 Å². The summed E-state index contributed by atoms with van der Waals surface area (Å²) in [7, 11) is 0. The number of carbonyl (C=O) groups is 1. The van der Waals surface area contributed by atoms with Gasteiger partial charge >= 0.3 is 5.97 Å². The summed E-state index contributed by atoms with van der Waals surface area (Å²) < 4.78 is 0. The molecule has 1 heterocycles. The van der Waals surface area contributed by atoms with Gasteiger partial charge in [-0.2, -0.15) is 0 Å². The van der Waals surface area contributed by atoms with Crippen molar-refractivity contribution in [2.24, 2.45) is 0 Å². The molecule has 2 aromatic rings. The van der Waals surface area contributed by atoms with Gasteiger partial charge in [0.05, 0.1) is 5.56 Å². The van der Waals surface area contributed by atoms with Crippen LogP contribution in [0.2, 0.25) is 5.02 Å². The maximum atomic E-state index is 11.0. The van der Waals surface area contributed by atoms with Crippen molar-refractivity contribution in [2.75, 3.05) is 0 Å². The Labute approximate surface area is 96.6 Å². The van der Waals surface area contributed by atoms with Crippen LogP contribution < -0.4 is 0 Å². The van der Waals surface area contributed by atoms with Gasteiger partial charge in [-0.25, -0.2) is 14.8 Å². The third-order valence-corrected chi connectivity index (χ3v) is 2.32. The van der Waals surface area contributed by atoms with Crippen molar-refractivity contribution in [3.63, 3.8) is 0 Å². The molecule has 5 heteroatoms. The van der Waals surface area contributed by atoms with Crippen molar-refractivity contribution in [1.29, 1.82) is 0 Å². The van der Waals surface area contributed by atoms with Gasteiger partial charge in [-0.15, -0.1) is 0 Å². The first-order valence-electron chi connectivity index (χ1n) is 4.46. The van der Waals surface area contributed by atoms with E-state index >= 15 is 0 Å². The average Bonchev–Trinajstić information content (AvgIpc) is 2.30. The van der Waals surface area contributed by atoms with Crippen LogP contribution in [0.1, 0.15) is 10.4 Å². The molecule has 1 aromatic heterocycles. The van der Waals surface area contributed by atoms with Gasteiger partial charge in [-0.3, -0.25) is 0 Å². The zero-order chi connectivity index (χ0) is 11.5. The number of hydrogen-bond donors (Lipinski definition) is 1. The van der Waals surface area contributed by atoms with E-state index in [1.54, 1.807) is 24.5 Å². The van der Waals surface area contributed by atoms with E-state index in [1.165, 1.54) is 12.4 Å². The van der Waals surface area contributed by atoms with Crippen LogP contribution in [0, 0.1) is 0 Å². The van der Waals surface area contributed by atoms with Crippen molar-refractivity contribution in [1.82, 2.24) is 9.97 Å². The van der Waals surface area contributed by atoms with Gasteiger partial charge < -0.3 is 5.11 Å². The normalized spacial score (nSPS) is 10.1. The summed E-state index contributed by atoms with van der Waals surface area (Å²) in [5, 5.41) is 9.44. The molecule has 0 saturated carbocycles. The minimum absolute atomic E-state index is 0.141. The standard InChI is InChI=1S/C11H7ClN2O2/c12-8-1-2-9(10(3-8)11(15)16)7-4-13-6-14-5-7/h1-6H,(H,15,16). The number of halogens is 1. The van der Waals surface area contributed by atoms with Gasteiger partial charge in [0, 0.05) is 23.0 Å². The molecule has 0 radical (unpaired) electrons. The molecule has 0 aliphatic rings. The number of carboxylic acid groups (broad SMARTS) is 1. The fourth-order valence-electron chi connectivity index (χ4n) is 1.38. The molecule has 0 amide bonds. The van der Waals surface area contributed by atoms with Crippen LogP contribution in [0.15, 0.2) is 36.9 Å². The first-order valence-corrected chi connectivity index (χ1v) is 4.84. The summed E-state index contributed by atoms with van der Waals surface area (Å²) in [6.45, 7) is 0. The quantitative estimate of drug-likeness (QED) is 0.867. The Kier molecular flexibility index (Phi) is 2.83. The minimum Gasteiger partial charge on any atom is -0.478 e. The summed E-state index contributed by atoms with van der Waals surface area (Å²) >= 11 is 5.75. The lowest BCUT2D eigenvalue weighted by Gasteiger charge is -2.05. The van der Waals surface area contributed by atoms with Crippen molar-refractivity contribution in [3.05, 3.63) is 47.5 Å². The van der Waals surface area contributed by atoms with Crippen molar-refractivity contribution in [2.45, 2.75) is 0 Å². The zero-order valence-electron chi connectivity index (χ0n) is 8.09. The van der Waals surface area contributed by atoms with E-state index in [2.05, 4.69) is 9.97 Å². The van der Waals surface area contributed by atoms with Crippen LogP contribution in [0.25, 0.3) is 11.1 Å². The predicted molar refractivity (Wildman–Crippen MR) is 59.4 cm³/mol. The van der Waals surface area contributed by atoms with Crippen LogP contribution in [-0.4, -0.2) is 21.0 Å². The number of benzene rings is 1. The van der Waals surface area contributed by atoms with E-state index in [1.807, 2.05) is 0 Å². The summed E-state index contributed by atoms with van der Waals surface area (Å²) in [6.07, 6.45) is 4.51. The molecule has 4 nitrogen and oxygen atoms in total. The lowest BCUT2D eigenvalue weighted by molar-refractivity contribution is 0.0697. The van der Waals surface area contributed by atoms with Crippen LogP contribution in [-0.2, 0) is 0 Å². The number of aromatic carboxylic acids is 1. The van der Waals surface area contributed by atoms with E-state index in [0.29, 0.717) is 16.1 Å². The van der Waals surface area contributed by atoms with Crippen molar-refractivity contribution < 1.29 is 9.90 Å². The molecule has 16 heavy (non-hydrogen) atoms. The molecule has 0 bridgehead atoms. The second-order valence-corrected chi connectivity index (χ2v) is 3.56. The summed E-state index contributed by atoms with van der Waals surface area (Å²) in [5.41, 5.74) is 1.34. The van der Waals surface area contributed by atoms with Crippen LogP contribution in [0.5, 0.6) is 0 Å². The highest BCUT2D eigenvalue weighted by Gasteiger charge is 2.12. The smallest absolute Gasteiger partial charge is 0.336 e. The fraction of sp³-hybridized carbons (Fsp3) is 0. The predicted octanol–water partition coefficient (Wildman–Crippen LogP) is 2.50. The van der Waals surface area contributed by atoms with E-state index in [9.17, 15) is 4.79 Å². The number of rotatable bonds is 2. The van der Waals surface area contributed by atoms with Gasteiger partial charge in [0.1, 0.15) is 6.33 Å². The average molecular weight is 235 g/mol. The third-order valence-electron chi connectivity index (χ3n) is 2.08. The Bertz CT molecular complexity index is 529. The second-order valence-electron chi connectivity index (χ2n) is 3.12. The minimum atomic E-state index is -1.03. The second kappa shape index (κ2) is 4.28. The van der Waals surface area contributed by atoms with Crippen LogP contribution in [0.3, 0.4) is 0 Å². The molecule has 0 fully saturated rings. The SMILES string of the molecule is O=C(O)c1cc(Cl)ccc1-c1cncnc1. The zero-order valence-corrected chi connectivity index (χ0v) is 8.85. The fourth-order valence-corrected chi connectivity index (χ4v) is 1.56. The lowest BCUT2D eigenvalue weighted by Crippen LogP contribution is -1.99. The number of hydrogen-bond acceptors (Lipinski definition) is 3. The lowest BCUT2D eigenvalue weighted by atomic mass is 10.0. The number of nitrogens with zero attached hydrogens (tertiary/aromatic N) is 2. The molecule has 0 saturated heterocycles. The van der Waals surface area contributed by atoms with E-state index < -0.39 is 5.97 Å². The van der Waals surface area contributed by atoms with Gasteiger partial charge in [-0.05, 0) is 17.7 Å². The summed E-state index contributed by atoms with van der Waals surface area (Å²) in [6, 6.07) is 4.69. The molecule has 2 rings (SSSR count). The summed E-state index contributed by atoms with van der Waals surface area (Å²) in [5.74, 6) is -1.03. The highest BCUT2D eigenvalue weighted by molar-refractivity contribution is 6.31. The van der Waals surface area contributed by atoms with Crippen LogP contribution >= 0.6 is 11.6 Å². The molecular formula is C11H7ClN2O2. The molecule has 0 unspecified atom stereocenters. The number of aromatic nitrogens is 2. The Balaban J connectivity index is 2.61. The molecule has 0 atom stereocenters. The van der Waals surface area contributed by atoms with E-state index in [4.69, 9.17) is 16.7 Å². The largest absolute Gasteiger partial charge is 0.478 e. The summed E-state index contributed by atoms with van der Waals surface area (Å²) in [4.78, 5) is 18.7. The topological polar surface area (TPSA) is 63.1 Å². The first kappa shape index (κ1) is 10.6. The maximum Gasteiger partial charge on any atom is 0.336 e. The Morgan fingerprint density at radius 1 is 1.25 bits per heavy atom. The molecule has 0 spiro atoms. The molecule has 0 aliphatic heterocycles. The first-order chi connectivity index (χ1) is 7.68. The molecule has 1 aromatic carbocycles. The highest BCUT2D eigenvalue weighted by Crippen LogP contribution is 2.25.